The zero-order chi connectivity index (χ0) is 15.5. The lowest BCUT2D eigenvalue weighted by molar-refractivity contribution is -0.197. The lowest BCUT2D eigenvalue weighted by Crippen LogP contribution is -2.30. The number of rotatable bonds is 4. The SMILES string of the molecule is C[C@H]1NC(c2cccc(Br)c2)N(OCc2ccccc2)C1=O. The fourth-order valence-electron chi connectivity index (χ4n) is 2.46. The summed E-state index contributed by atoms with van der Waals surface area (Å²) in [6.07, 6.45) is -0.274. The van der Waals surface area contributed by atoms with Crippen LogP contribution in [0.5, 0.6) is 0 Å². The third-order valence-electron chi connectivity index (χ3n) is 3.61. The van der Waals surface area contributed by atoms with Crippen molar-refractivity contribution >= 4 is 21.8 Å². The molecule has 1 N–H and O–H groups in total. The monoisotopic (exact) mass is 360 g/mol. The van der Waals surface area contributed by atoms with Crippen LogP contribution in [0, 0.1) is 0 Å². The molecule has 1 aliphatic heterocycles. The van der Waals surface area contributed by atoms with Crippen LogP contribution in [0.15, 0.2) is 59.1 Å². The van der Waals surface area contributed by atoms with Gasteiger partial charge in [-0.2, -0.15) is 5.06 Å². The van der Waals surface area contributed by atoms with Crippen LogP contribution in [0.1, 0.15) is 24.2 Å². The molecule has 1 saturated heterocycles. The van der Waals surface area contributed by atoms with Gasteiger partial charge in [0, 0.05) is 4.47 Å². The molecular weight excluding hydrogens is 344 g/mol. The molecule has 22 heavy (non-hydrogen) atoms. The maximum absolute atomic E-state index is 12.3. The highest BCUT2D eigenvalue weighted by Gasteiger charge is 2.38. The predicted octanol–water partition coefficient (Wildman–Crippen LogP) is 3.40. The summed E-state index contributed by atoms with van der Waals surface area (Å²) in [5.41, 5.74) is 2.02. The molecule has 114 valence electrons. The van der Waals surface area contributed by atoms with E-state index in [1.165, 1.54) is 5.06 Å². The van der Waals surface area contributed by atoms with E-state index >= 15 is 0 Å². The molecule has 0 aliphatic carbocycles. The number of carbonyl (C=O) groups is 1. The van der Waals surface area contributed by atoms with E-state index in [4.69, 9.17) is 4.84 Å². The minimum absolute atomic E-state index is 0.0547. The van der Waals surface area contributed by atoms with Gasteiger partial charge in [-0.3, -0.25) is 14.9 Å². The molecule has 0 bridgehead atoms. The van der Waals surface area contributed by atoms with E-state index in [0.717, 1.165) is 15.6 Å². The molecule has 1 aliphatic rings. The van der Waals surface area contributed by atoms with E-state index in [2.05, 4.69) is 21.2 Å². The van der Waals surface area contributed by atoms with E-state index in [9.17, 15) is 4.79 Å². The summed E-state index contributed by atoms with van der Waals surface area (Å²) >= 11 is 3.46. The van der Waals surface area contributed by atoms with Gasteiger partial charge < -0.3 is 0 Å². The fourth-order valence-corrected chi connectivity index (χ4v) is 2.88. The van der Waals surface area contributed by atoms with Crippen LogP contribution in [0.2, 0.25) is 0 Å². The molecule has 0 radical (unpaired) electrons. The maximum Gasteiger partial charge on any atom is 0.264 e. The van der Waals surface area contributed by atoms with Crippen molar-refractivity contribution in [2.75, 3.05) is 0 Å². The van der Waals surface area contributed by atoms with Crippen LogP contribution in [0.3, 0.4) is 0 Å². The van der Waals surface area contributed by atoms with Gasteiger partial charge in [0.1, 0.15) is 12.8 Å². The Balaban J connectivity index is 1.78. The number of hydrogen-bond donors (Lipinski definition) is 1. The number of nitrogens with one attached hydrogen (secondary N) is 1. The average Bonchev–Trinajstić information content (AvgIpc) is 2.82. The highest BCUT2D eigenvalue weighted by atomic mass is 79.9. The van der Waals surface area contributed by atoms with Crippen LogP contribution in [-0.2, 0) is 16.2 Å². The molecule has 0 saturated carbocycles. The molecule has 3 rings (SSSR count). The van der Waals surface area contributed by atoms with Crippen LogP contribution in [-0.4, -0.2) is 17.0 Å². The molecule has 2 aromatic carbocycles. The van der Waals surface area contributed by atoms with Crippen molar-refractivity contribution < 1.29 is 9.63 Å². The number of halogens is 1. The zero-order valence-electron chi connectivity index (χ0n) is 12.2. The summed E-state index contributed by atoms with van der Waals surface area (Å²) in [7, 11) is 0. The topological polar surface area (TPSA) is 41.6 Å². The van der Waals surface area contributed by atoms with Crippen molar-refractivity contribution in [2.24, 2.45) is 0 Å². The van der Waals surface area contributed by atoms with Crippen LogP contribution in [0.25, 0.3) is 0 Å². The Hall–Kier alpha value is -1.69. The first-order valence-electron chi connectivity index (χ1n) is 7.16. The minimum Gasteiger partial charge on any atom is -0.280 e. The first-order chi connectivity index (χ1) is 10.6. The first kappa shape index (κ1) is 15.2. The lowest BCUT2D eigenvalue weighted by Gasteiger charge is -2.23. The number of hydrogen-bond acceptors (Lipinski definition) is 3. The molecule has 2 atom stereocenters. The molecule has 0 spiro atoms. The highest BCUT2D eigenvalue weighted by Crippen LogP contribution is 2.28. The standard InChI is InChI=1S/C17H17BrN2O2/c1-12-17(21)20(22-11-13-6-3-2-4-7-13)16(19-12)14-8-5-9-15(18)10-14/h2-10,12,16,19H,11H2,1H3/t12-,16?/m1/s1. The summed E-state index contributed by atoms with van der Waals surface area (Å²) in [5, 5.41) is 4.71. The summed E-state index contributed by atoms with van der Waals surface area (Å²) in [4.78, 5) is 18.1. The first-order valence-corrected chi connectivity index (χ1v) is 7.96. The molecule has 2 aromatic rings. The Morgan fingerprint density at radius 1 is 1.18 bits per heavy atom. The quantitative estimate of drug-likeness (QED) is 0.908. The van der Waals surface area contributed by atoms with Crippen LogP contribution >= 0.6 is 15.9 Å². The van der Waals surface area contributed by atoms with Gasteiger partial charge in [0.05, 0.1) is 6.04 Å². The molecule has 1 unspecified atom stereocenters. The van der Waals surface area contributed by atoms with Gasteiger partial charge in [0.2, 0.25) is 0 Å². The molecule has 1 heterocycles. The second-order valence-electron chi connectivity index (χ2n) is 5.27. The highest BCUT2D eigenvalue weighted by molar-refractivity contribution is 9.10. The summed E-state index contributed by atoms with van der Waals surface area (Å²) < 4.78 is 0.974. The predicted molar refractivity (Wildman–Crippen MR) is 87.6 cm³/mol. The molecular formula is C17H17BrN2O2. The van der Waals surface area contributed by atoms with E-state index < -0.39 is 0 Å². The second kappa shape index (κ2) is 6.60. The van der Waals surface area contributed by atoms with Crippen molar-refractivity contribution in [3.63, 3.8) is 0 Å². The molecule has 1 fully saturated rings. The number of hydroxylamine groups is 2. The van der Waals surface area contributed by atoms with E-state index in [0.29, 0.717) is 6.61 Å². The van der Waals surface area contributed by atoms with Crippen molar-refractivity contribution in [1.29, 1.82) is 0 Å². The minimum atomic E-state index is -0.274. The van der Waals surface area contributed by atoms with Gasteiger partial charge in [-0.25, -0.2) is 0 Å². The van der Waals surface area contributed by atoms with Crippen molar-refractivity contribution in [3.8, 4) is 0 Å². The molecule has 0 aromatic heterocycles. The third-order valence-corrected chi connectivity index (χ3v) is 4.10. The van der Waals surface area contributed by atoms with Crippen LogP contribution in [0.4, 0.5) is 0 Å². The average molecular weight is 361 g/mol. The van der Waals surface area contributed by atoms with Crippen molar-refractivity contribution in [2.45, 2.75) is 25.7 Å². The fraction of sp³-hybridized carbons (Fsp3) is 0.235. The number of amides is 1. The summed E-state index contributed by atoms with van der Waals surface area (Å²) in [6, 6.07) is 17.4. The summed E-state index contributed by atoms with van der Waals surface area (Å²) in [6.45, 7) is 2.21. The Bertz CT molecular complexity index is 663. The second-order valence-corrected chi connectivity index (χ2v) is 6.18. The zero-order valence-corrected chi connectivity index (χ0v) is 13.8. The normalized spacial score (nSPS) is 21.4. The van der Waals surface area contributed by atoms with Gasteiger partial charge in [0.15, 0.2) is 0 Å². The van der Waals surface area contributed by atoms with E-state index in [1.807, 2.05) is 61.5 Å². The van der Waals surface area contributed by atoms with Gasteiger partial charge in [-0.1, -0.05) is 58.4 Å². The lowest BCUT2D eigenvalue weighted by atomic mass is 10.2. The van der Waals surface area contributed by atoms with Gasteiger partial charge in [-0.15, -0.1) is 0 Å². The van der Waals surface area contributed by atoms with Crippen molar-refractivity contribution in [1.82, 2.24) is 10.4 Å². The Morgan fingerprint density at radius 3 is 2.68 bits per heavy atom. The van der Waals surface area contributed by atoms with Gasteiger partial charge in [-0.05, 0) is 30.2 Å². The summed E-state index contributed by atoms with van der Waals surface area (Å²) in [5.74, 6) is -0.0547. The number of benzene rings is 2. The Morgan fingerprint density at radius 2 is 1.95 bits per heavy atom. The van der Waals surface area contributed by atoms with Gasteiger partial charge >= 0.3 is 0 Å². The maximum atomic E-state index is 12.3. The Kier molecular flexibility index (Phi) is 4.57. The Labute approximate surface area is 138 Å². The number of nitrogens with zero attached hydrogens (tertiary/aromatic N) is 1. The molecule has 4 nitrogen and oxygen atoms in total. The largest absolute Gasteiger partial charge is 0.280 e. The van der Waals surface area contributed by atoms with Crippen molar-refractivity contribution in [3.05, 3.63) is 70.2 Å². The molecule has 1 amide bonds. The number of carbonyl (C=O) groups excluding carboxylic acids is 1. The van der Waals surface area contributed by atoms with Gasteiger partial charge in [0.25, 0.3) is 5.91 Å². The third kappa shape index (κ3) is 3.21. The van der Waals surface area contributed by atoms with E-state index in [1.54, 1.807) is 0 Å². The smallest absolute Gasteiger partial charge is 0.264 e. The van der Waals surface area contributed by atoms with Crippen LogP contribution < -0.4 is 5.32 Å². The van der Waals surface area contributed by atoms with E-state index in [-0.39, 0.29) is 18.1 Å². The molecule has 5 heteroatoms.